The highest BCUT2D eigenvalue weighted by atomic mass is 35.5. The molecule has 4 heteroatoms. The van der Waals surface area contributed by atoms with E-state index in [0.29, 0.717) is 16.6 Å². The fraction of sp³-hybridized carbons (Fsp3) is 0.143. The fourth-order valence-corrected chi connectivity index (χ4v) is 3.16. The van der Waals surface area contributed by atoms with E-state index in [1.165, 1.54) is 5.56 Å². The molecule has 0 saturated carbocycles. The van der Waals surface area contributed by atoms with Gasteiger partial charge in [0.15, 0.2) is 0 Å². The Balaban J connectivity index is 2.16. The van der Waals surface area contributed by atoms with Gasteiger partial charge in [0, 0.05) is 15.6 Å². The summed E-state index contributed by atoms with van der Waals surface area (Å²) in [4.78, 5) is 0. The standard InChI is InChI=1S/C21H19Cl2NO/c1-25-21-13-19(14-2-6-17(22)7-3-14)16(10-11-24)12-20(21)15-4-8-18(23)9-5-15/h2-9,12-13H,10-11,24H2,1H3. The Bertz CT molecular complexity index is 858. The summed E-state index contributed by atoms with van der Waals surface area (Å²) >= 11 is 12.0. The Kier molecular flexibility index (Phi) is 5.64. The van der Waals surface area contributed by atoms with Crippen LogP contribution in [0, 0.1) is 0 Å². The van der Waals surface area contributed by atoms with Gasteiger partial charge in [-0.25, -0.2) is 0 Å². The molecule has 0 fully saturated rings. The molecule has 3 aromatic carbocycles. The summed E-state index contributed by atoms with van der Waals surface area (Å²) in [5.41, 5.74) is 11.3. The van der Waals surface area contributed by atoms with Gasteiger partial charge in [-0.05, 0) is 71.6 Å². The maximum atomic E-state index is 6.02. The van der Waals surface area contributed by atoms with Crippen LogP contribution in [0.2, 0.25) is 10.0 Å². The first-order valence-corrected chi connectivity index (χ1v) is 8.81. The van der Waals surface area contributed by atoms with E-state index in [1.54, 1.807) is 7.11 Å². The minimum Gasteiger partial charge on any atom is -0.496 e. The molecule has 0 saturated heterocycles. The van der Waals surface area contributed by atoms with Gasteiger partial charge in [-0.15, -0.1) is 0 Å². The van der Waals surface area contributed by atoms with Gasteiger partial charge in [0.2, 0.25) is 0 Å². The van der Waals surface area contributed by atoms with Crippen LogP contribution in [0.25, 0.3) is 22.3 Å². The van der Waals surface area contributed by atoms with Crippen molar-refractivity contribution in [3.8, 4) is 28.0 Å². The summed E-state index contributed by atoms with van der Waals surface area (Å²) in [6, 6.07) is 19.8. The van der Waals surface area contributed by atoms with Crippen molar-refractivity contribution in [2.24, 2.45) is 5.73 Å². The highest BCUT2D eigenvalue weighted by molar-refractivity contribution is 6.30. The van der Waals surface area contributed by atoms with Gasteiger partial charge in [-0.3, -0.25) is 0 Å². The molecule has 25 heavy (non-hydrogen) atoms. The molecular weight excluding hydrogens is 353 g/mol. The molecule has 0 aliphatic heterocycles. The average molecular weight is 372 g/mol. The second kappa shape index (κ2) is 7.92. The van der Waals surface area contributed by atoms with Gasteiger partial charge < -0.3 is 10.5 Å². The van der Waals surface area contributed by atoms with Crippen LogP contribution in [0.1, 0.15) is 5.56 Å². The second-order valence-corrected chi connectivity index (χ2v) is 6.63. The molecule has 2 nitrogen and oxygen atoms in total. The van der Waals surface area contributed by atoms with Crippen LogP contribution in [-0.2, 0) is 6.42 Å². The largest absolute Gasteiger partial charge is 0.496 e. The number of nitrogens with two attached hydrogens (primary N) is 1. The van der Waals surface area contributed by atoms with E-state index in [0.717, 1.165) is 34.4 Å². The summed E-state index contributed by atoms with van der Waals surface area (Å²) in [7, 11) is 1.68. The molecular formula is C21H19Cl2NO. The molecule has 0 bridgehead atoms. The molecule has 3 aromatic rings. The second-order valence-electron chi connectivity index (χ2n) is 5.76. The zero-order chi connectivity index (χ0) is 17.8. The van der Waals surface area contributed by atoms with E-state index >= 15 is 0 Å². The molecule has 3 rings (SSSR count). The lowest BCUT2D eigenvalue weighted by atomic mass is 9.92. The van der Waals surface area contributed by atoms with Crippen molar-refractivity contribution < 1.29 is 4.74 Å². The van der Waals surface area contributed by atoms with Gasteiger partial charge in [-0.2, -0.15) is 0 Å². The molecule has 0 atom stereocenters. The van der Waals surface area contributed by atoms with E-state index in [-0.39, 0.29) is 0 Å². The highest BCUT2D eigenvalue weighted by Gasteiger charge is 2.13. The van der Waals surface area contributed by atoms with Gasteiger partial charge in [0.25, 0.3) is 0 Å². The van der Waals surface area contributed by atoms with Gasteiger partial charge in [-0.1, -0.05) is 47.5 Å². The molecule has 0 radical (unpaired) electrons. The van der Waals surface area contributed by atoms with E-state index < -0.39 is 0 Å². The number of benzene rings is 3. The summed E-state index contributed by atoms with van der Waals surface area (Å²) in [5, 5.41) is 1.43. The molecule has 0 aliphatic rings. The van der Waals surface area contributed by atoms with Crippen molar-refractivity contribution in [2.45, 2.75) is 6.42 Å². The maximum absolute atomic E-state index is 6.02. The number of methoxy groups -OCH3 is 1. The third-order valence-electron chi connectivity index (χ3n) is 4.15. The Morgan fingerprint density at radius 1 is 0.800 bits per heavy atom. The third kappa shape index (κ3) is 3.98. The maximum Gasteiger partial charge on any atom is 0.127 e. The van der Waals surface area contributed by atoms with Crippen LogP contribution in [-0.4, -0.2) is 13.7 Å². The van der Waals surface area contributed by atoms with Gasteiger partial charge >= 0.3 is 0 Å². The topological polar surface area (TPSA) is 35.2 Å². The number of rotatable bonds is 5. The molecule has 0 amide bonds. The van der Waals surface area contributed by atoms with Crippen LogP contribution in [0.3, 0.4) is 0 Å². The lowest BCUT2D eigenvalue weighted by Gasteiger charge is -2.16. The SMILES string of the molecule is COc1cc(-c2ccc(Cl)cc2)c(CCN)cc1-c1ccc(Cl)cc1. The average Bonchev–Trinajstić information content (AvgIpc) is 2.63. The normalized spacial score (nSPS) is 10.7. The molecule has 0 heterocycles. The Hall–Kier alpha value is -2.00. The lowest BCUT2D eigenvalue weighted by molar-refractivity contribution is 0.416. The van der Waals surface area contributed by atoms with Crippen molar-refractivity contribution in [3.63, 3.8) is 0 Å². The van der Waals surface area contributed by atoms with Crippen molar-refractivity contribution >= 4 is 23.2 Å². The lowest BCUT2D eigenvalue weighted by Crippen LogP contribution is -2.05. The van der Waals surface area contributed by atoms with Crippen LogP contribution < -0.4 is 10.5 Å². The van der Waals surface area contributed by atoms with Crippen molar-refractivity contribution in [2.75, 3.05) is 13.7 Å². The van der Waals surface area contributed by atoms with Crippen LogP contribution in [0.5, 0.6) is 5.75 Å². The summed E-state index contributed by atoms with van der Waals surface area (Å²) in [6.45, 7) is 0.576. The van der Waals surface area contributed by atoms with E-state index in [2.05, 4.69) is 12.1 Å². The van der Waals surface area contributed by atoms with Crippen LogP contribution >= 0.6 is 23.2 Å². The fourth-order valence-electron chi connectivity index (χ4n) is 2.91. The first-order valence-electron chi connectivity index (χ1n) is 8.05. The minimum absolute atomic E-state index is 0.576. The number of hydrogen-bond acceptors (Lipinski definition) is 2. The Labute approximate surface area is 158 Å². The number of ether oxygens (including phenoxy) is 1. The first-order chi connectivity index (χ1) is 12.1. The van der Waals surface area contributed by atoms with Crippen molar-refractivity contribution in [1.29, 1.82) is 0 Å². The smallest absolute Gasteiger partial charge is 0.127 e. The summed E-state index contributed by atoms with van der Waals surface area (Å²) in [6.07, 6.45) is 0.780. The molecule has 0 unspecified atom stereocenters. The predicted octanol–water partition coefficient (Wildman–Crippen LogP) is 5.84. The zero-order valence-electron chi connectivity index (χ0n) is 13.9. The molecule has 0 aromatic heterocycles. The summed E-state index contributed by atoms with van der Waals surface area (Å²) < 4.78 is 5.66. The third-order valence-corrected chi connectivity index (χ3v) is 4.65. The zero-order valence-corrected chi connectivity index (χ0v) is 15.4. The Morgan fingerprint density at radius 3 is 1.80 bits per heavy atom. The van der Waals surface area contributed by atoms with E-state index in [4.69, 9.17) is 33.7 Å². The summed E-state index contributed by atoms with van der Waals surface area (Å²) in [5.74, 6) is 0.813. The minimum atomic E-state index is 0.576. The molecule has 2 N–H and O–H groups in total. The van der Waals surface area contributed by atoms with E-state index in [1.807, 2.05) is 48.5 Å². The van der Waals surface area contributed by atoms with Crippen molar-refractivity contribution in [1.82, 2.24) is 0 Å². The van der Waals surface area contributed by atoms with Gasteiger partial charge in [0.05, 0.1) is 7.11 Å². The monoisotopic (exact) mass is 371 g/mol. The molecule has 128 valence electrons. The molecule has 0 aliphatic carbocycles. The van der Waals surface area contributed by atoms with Crippen LogP contribution in [0.4, 0.5) is 0 Å². The van der Waals surface area contributed by atoms with Crippen molar-refractivity contribution in [3.05, 3.63) is 76.3 Å². The quantitative estimate of drug-likeness (QED) is 0.611. The predicted molar refractivity (Wildman–Crippen MR) is 107 cm³/mol. The number of halogens is 2. The Morgan fingerprint density at radius 2 is 1.32 bits per heavy atom. The first kappa shape index (κ1) is 17.8. The van der Waals surface area contributed by atoms with E-state index in [9.17, 15) is 0 Å². The van der Waals surface area contributed by atoms with Gasteiger partial charge in [0.1, 0.15) is 5.75 Å². The molecule has 0 spiro atoms. The highest BCUT2D eigenvalue weighted by Crippen LogP contribution is 2.37. The van der Waals surface area contributed by atoms with Crippen LogP contribution in [0.15, 0.2) is 60.7 Å². The number of hydrogen-bond donors (Lipinski definition) is 1.